The predicted octanol–water partition coefficient (Wildman–Crippen LogP) is 2.75. The molecule has 0 bridgehead atoms. The van der Waals surface area contributed by atoms with Crippen LogP contribution in [0.5, 0.6) is 0 Å². The van der Waals surface area contributed by atoms with Gasteiger partial charge in [-0.05, 0) is 57.7 Å². The summed E-state index contributed by atoms with van der Waals surface area (Å²) < 4.78 is 17.7. The third-order valence-corrected chi connectivity index (χ3v) is 4.91. The number of aryl methyl sites for hydroxylation is 1. The number of rotatable bonds is 3. The van der Waals surface area contributed by atoms with E-state index in [9.17, 15) is 9.00 Å². The second kappa shape index (κ2) is 6.77. The monoisotopic (exact) mass is 324 g/mol. The van der Waals surface area contributed by atoms with Crippen molar-refractivity contribution in [3.8, 4) is 0 Å². The summed E-state index contributed by atoms with van der Waals surface area (Å²) in [4.78, 5) is 17.9. The van der Waals surface area contributed by atoms with E-state index in [1.54, 1.807) is 11.1 Å². The van der Waals surface area contributed by atoms with E-state index in [-0.39, 0.29) is 12.0 Å². The first-order valence-electron chi connectivity index (χ1n) is 7.53. The summed E-state index contributed by atoms with van der Waals surface area (Å²) in [6.45, 7) is 8.80. The maximum atomic E-state index is 12.4. The van der Waals surface area contributed by atoms with Crippen LogP contribution in [-0.2, 0) is 15.5 Å². The van der Waals surface area contributed by atoms with Crippen LogP contribution in [0.3, 0.4) is 0 Å². The van der Waals surface area contributed by atoms with Gasteiger partial charge in [0, 0.05) is 25.0 Å². The molecule has 1 aromatic heterocycles. The van der Waals surface area contributed by atoms with Crippen LogP contribution >= 0.6 is 0 Å². The lowest BCUT2D eigenvalue weighted by molar-refractivity contribution is 0.0289. The number of carbonyl (C=O) groups excluding carboxylic acids is 1. The molecule has 0 N–H and O–H groups in total. The molecule has 6 heteroatoms. The number of nitrogens with zero attached hydrogens (tertiary/aromatic N) is 2. The SMILES string of the molecule is Cc1ccnc([S@](=O)C[C@H]2CCN(C(=O)OC(C)(C)C)C2)c1. The minimum Gasteiger partial charge on any atom is -0.444 e. The molecule has 1 aliphatic heterocycles. The molecule has 1 fully saturated rings. The van der Waals surface area contributed by atoms with Gasteiger partial charge in [-0.15, -0.1) is 0 Å². The minimum atomic E-state index is -1.12. The molecule has 1 amide bonds. The number of hydrogen-bond acceptors (Lipinski definition) is 4. The van der Waals surface area contributed by atoms with Gasteiger partial charge < -0.3 is 9.64 Å². The topological polar surface area (TPSA) is 59.5 Å². The van der Waals surface area contributed by atoms with Crippen LogP contribution in [0, 0.1) is 12.8 Å². The van der Waals surface area contributed by atoms with Crippen molar-refractivity contribution in [2.45, 2.75) is 44.7 Å². The third-order valence-electron chi connectivity index (χ3n) is 3.45. The molecule has 2 rings (SSSR count). The molecule has 0 saturated carbocycles. The lowest BCUT2D eigenvalue weighted by atomic mass is 10.2. The van der Waals surface area contributed by atoms with Crippen molar-refractivity contribution < 1.29 is 13.7 Å². The van der Waals surface area contributed by atoms with Gasteiger partial charge in [-0.1, -0.05) is 0 Å². The van der Waals surface area contributed by atoms with Crippen LogP contribution in [0.1, 0.15) is 32.8 Å². The van der Waals surface area contributed by atoms with E-state index < -0.39 is 16.4 Å². The Labute approximate surface area is 134 Å². The van der Waals surface area contributed by atoms with Gasteiger partial charge >= 0.3 is 6.09 Å². The lowest BCUT2D eigenvalue weighted by Gasteiger charge is -2.24. The van der Waals surface area contributed by atoms with Gasteiger partial charge in [0.15, 0.2) is 0 Å². The van der Waals surface area contributed by atoms with Crippen molar-refractivity contribution in [2.24, 2.45) is 5.92 Å². The van der Waals surface area contributed by atoms with Crippen LogP contribution in [-0.4, -0.2) is 44.6 Å². The standard InChI is InChI=1S/C16H24N2O3S/c1-12-5-7-17-14(9-12)22(20)11-13-6-8-18(10-13)15(19)21-16(2,3)4/h5,7,9,13H,6,8,10-11H2,1-4H3/t13-,22+/m0/s1. The smallest absolute Gasteiger partial charge is 0.410 e. The van der Waals surface area contributed by atoms with Crippen LogP contribution in [0.15, 0.2) is 23.4 Å². The first-order valence-corrected chi connectivity index (χ1v) is 8.85. The Morgan fingerprint density at radius 2 is 2.23 bits per heavy atom. The quantitative estimate of drug-likeness (QED) is 0.858. The number of hydrogen-bond donors (Lipinski definition) is 0. The number of carbonyl (C=O) groups is 1. The highest BCUT2D eigenvalue weighted by Crippen LogP contribution is 2.21. The van der Waals surface area contributed by atoms with Crippen LogP contribution in [0.4, 0.5) is 4.79 Å². The number of pyridine rings is 1. The number of amides is 1. The van der Waals surface area contributed by atoms with E-state index in [0.717, 1.165) is 12.0 Å². The molecule has 0 aliphatic carbocycles. The van der Waals surface area contributed by atoms with Gasteiger partial charge in [0.25, 0.3) is 0 Å². The predicted molar refractivity (Wildman–Crippen MR) is 86.2 cm³/mol. The number of ether oxygens (including phenoxy) is 1. The Balaban J connectivity index is 1.88. The van der Waals surface area contributed by atoms with Crippen molar-refractivity contribution in [3.63, 3.8) is 0 Å². The third kappa shape index (κ3) is 4.80. The van der Waals surface area contributed by atoms with Crippen LogP contribution in [0.25, 0.3) is 0 Å². The van der Waals surface area contributed by atoms with Crippen molar-refractivity contribution in [2.75, 3.05) is 18.8 Å². The highest BCUT2D eigenvalue weighted by Gasteiger charge is 2.30. The highest BCUT2D eigenvalue weighted by atomic mass is 32.2. The Kier molecular flexibility index (Phi) is 5.21. The molecule has 0 radical (unpaired) electrons. The summed E-state index contributed by atoms with van der Waals surface area (Å²) in [7, 11) is -1.12. The van der Waals surface area contributed by atoms with Gasteiger partial charge in [0.1, 0.15) is 10.6 Å². The Hall–Kier alpha value is -1.43. The second-order valence-electron chi connectivity index (χ2n) is 6.76. The van der Waals surface area contributed by atoms with Gasteiger partial charge in [-0.2, -0.15) is 0 Å². The highest BCUT2D eigenvalue weighted by molar-refractivity contribution is 7.84. The summed E-state index contributed by atoms with van der Waals surface area (Å²) in [6, 6.07) is 3.75. The summed E-state index contributed by atoms with van der Waals surface area (Å²) in [6.07, 6.45) is 2.26. The number of likely N-dealkylation sites (tertiary alicyclic amines) is 1. The summed E-state index contributed by atoms with van der Waals surface area (Å²) in [5.74, 6) is 0.770. The van der Waals surface area contributed by atoms with Crippen molar-refractivity contribution in [1.82, 2.24) is 9.88 Å². The van der Waals surface area contributed by atoms with Crippen molar-refractivity contribution >= 4 is 16.9 Å². The fourth-order valence-electron chi connectivity index (χ4n) is 2.39. The second-order valence-corrected chi connectivity index (χ2v) is 8.21. The van der Waals surface area contributed by atoms with Gasteiger partial charge in [0.2, 0.25) is 0 Å². The van der Waals surface area contributed by atoms with E-state index in [1.807, 2.05) is 39.8 Å². The Bertz CT molecular complexity index is 569. The largest absolute Gasteiger partial charge is 0.444 e. The first-order chi connectivity index (χ1) is 10.2. The summed E-state index contributed by atoms with van der Waals surface area (Å²) in [5.41, 5.74) is 0.573. The van der Waals surface area contributed by atoms with E-state index in [0.29, 0.717) is 23.9 Å². The van der Waals surface area contributed by atoms with E-state index in [1.165, 1.54) is 0 Å². The molecular weight excluding hydrogens is 300 g/mol. The molecule has 22 heavy (non-hydrogen) atoms. The van der Waals surface area contributed by atoms with E-state index in [4.69, 9.17) is 4.74 Å². The van der Waals surface area contributed by atoms with Gasteiger partial charge in [-0.3, -0.25) is 4.21 Å². The van der Waals surface area contributed by atoms with E-state index >= 15 is 0 Å². The van der Waals surface area contributed by atoms with Crippen molar-refractivity contribution in [1.29, 1.82) is 0 Å². The van der Waals surface area contributed by atoms with Gasteiger partial charge in [0.05, 0.1) is 10.8 Å². The lowest BCUT2D eigenvalue weighted by Crippen LogP contribution is -2.35. The Morgan fingerprint density at radius 3 is 2.86 bits per heavy atom. The Morgan fingerprint density at radius 1 is 1.50 bits per heavy atom. The maximum absolute atomic E-state index is 12.4. The zero-order chi connectivity index (χ0) is 16.3. The van der Waals surface area contributed by atoms with Gasteiger partial charge in [-0.25, -0.2) is 9.78 Å². The molecular formula is C16H24N2O3S. The van der Waals surface area contributed by atoms with Crippen LogP contribution < -0.4 is 0 Å². The molecule has 122 valence electrons. The molecule has 2 heterocycles. The molecule has 0 unspecified atom stereocenters. The van der Waals surface area contributed by atoms with E-state index in [2.05, 4.69) is 4.98 Å². The molecule has 1 saturated heterocycles. The molecule has 0 spiro atoms. The average molecular weight is 324 g/mol. The average Bonchev–Trinajstić information content (AvgIpc) is 2.85. The summed E-state index contributed by atoms with van der Waals surface area (Å²) >= 11 is 0. The minimum absolute atomic E-state index is 0.232. The molecule has 5 nitrogen and oxygen atoms in total. The summed E-state index contributed by atoms with van der Waals surface area (Å²) in [5, 5.41) is 0.621. The fourth-order valence-corrected chi connectivity index (χ4v) is 3.76. The zero-order valence-electron chi connectivity index (χ0n) is 13.7. The van der Waals surface area contributed by atoms with Crippen molar-refractivity contribution in [3.05, 3.63) is 23.9 Å². The zero-order valence-corrected chi connectivity index (χ0v) is 14.5. The maximum Gasteiger partial charge on any atom is 0.410 e. The fraction of sp³-hybridized carbons (Fsp3) is 0.625. The molecule has 2 atom stereocenters. The van der Waals surface area contributed by atoms with Crippen LogP contribution in [0.2, 0.25) is 0 Å². The first kappa shape index (κ1) is 16.9. The molecule has 1 aromatic rings. The number of aromatic nitrogens is 1. The normalized spacial score (nSPS) is 20.0. The molecule has 0 aromatic carbocycles. The molecule has 1 aliphatic rings.